The van der Waals surface area contributed by atoms with Crippen molar-refractivity contribution in [1.29, 1.82) is 0 Å². The lowest BCUT2D eigenvalue weighted by molar-refractivity contribution is -0.759. The zero-order valence-corrected chi connectivity index (χ0v) is 13.7. The summed E-state index contributed by atoms with van der Waals surface area (Å²) in [5, 5.41) is 17.7. The molecule has 1 aromatic heterocycles. The highest BCUT2D eigenvalue weighted by atomic mass is 32.2. The van der Waals surface area contributed by atoms with Gasteiger partial charge >= 0.3 is 5.88 Å². The van der Waals surface area contributed by atoms with Crippen LogP contribution in [0, 0.1) is 0 Å². The van der Waals surface area contributed by atoms with E-state index in [-0.39, 0.29) is 16.9 Å². The van der Waals surface area contributed by atoms with Gasteiger partial charge in [-0.05, 0) is 25.8 Å². The highest BCUT2D eigenvalue weighted by Crippen LogP contribution is 2.09. The fourth-order valence-electron chi connectivity index (χ4n) is 2.03. The zero-order chi connectivity index (χ0) is 15.9. The van der Waals surface area contributed by atoms with E-state index in [1.54, 1.807) is 11.0 Å². The monoisotopic (exact) mass is 327 g/mol. The number of carbonyl (C=O) groups is 1. The van der Waals surface area contributed by atoms with Gasteiger partial charge in [0.25, 0.3) is 6.20 Å². The summed E-state index contributed by atoms with van der Waals surface area (Å²) in [5.74, 6) is 0.586. The lowest BCUT2D eigenvalue weighted by atomic mass is 10.3. The molecule has 1 aromatic rings. The van der Waals surface area contributed by atoms with Crippen molar-refractivity contribution in [2.24, 2.45) is 4.99 Å². The van der Waals surface area contributed by atoms with Gasteiger partial charge in [0.15, 0.2) is 5.12 Å². The number of aliphatic imine (C=N–C) groups is 1. The van der Waals surface area contributed by atoms with E-state index < -0.39 is 0 Å². The summed E-state index contributed by atoms with van der Waals surface area (Å²) in [6.45, 7) is 5.13. The first-order valence-electron chi connectivity index (χ1n) is 7.25. The summed E-state index contributed by atoms with van der Waals surface area (Å²) in [7, 11) is 2.08. The van der Waals surface area contributed by atoms with Crippen LogP contribution in [-0.4, -0.2) is 60.2 Å². The molecular formula is C13H21N5O3S. The Balaban J connectivity index is 1.82. The molecule has 22 heavy (non-hydrogen) atoms. The van der Waals surface area contributed by atoms with Crippen LogP contribution in [-0.2, 0) is 4.79 Å². The molecule has 0 saturated carbocycles. The maximum atomic E-state index is 11.7. The van der Waals surface area contributed by atoms with Gasteiger partial charge in [0.2, 0.25) is 5.27 Å². The Morgan fingerprint density at radius 1 is 1.50 bits per heavy atom. The van der Waals surface area contributed by atoms with Crippen LogP contribution in [0.2, 0.25) is 0 Å². The van der Waals surface area contributed by atoms with Gasteiger partial charge in [-0.1, -0.05) is 11.8 Å². The Morgan fingerprint density at radius 2 is 2.23 bits per heavy atom. The number of carbonyl (C=O) groups excluding carboxylic acids is 1. The van der Waals surface area contributed by atoms with Crippen LogP contribution < -0.4 is 14.9 Å². The van der Waals surface area contributed by atoms with E-state index in [0.29, 0.717) is 18.6 Å². The van der Waals surface area contributed by atoms with Gasteiger partial charge in [-0.15, -0.1) is 0 Å². The maximum Gasteiger partial charge on any atom is 0.324 e. The van der Waals surface area contributed by atoms with Crippen LogP contribution in [0.1, 0.15) is 19.8 Å². The average molecular weight is 327 g/mol. The molecule has 122 valence electrons. The SMILES string of the molecule is CC(=O)SCCCC([O-])=Nc1c[n+](N2CCN(C)CC2)no1. The van der Waals surface area contributed by atoms with Gasteiger partial charge in [-0.3, -0.25) is 9.32 Å². The Labute approximate surface area is 133 Å². The van der Waals surface area contributed by atoms with E-state index in [4.69, 9.17) is 4.52 Å². The van der Waals surface area contributed by atoms with Crippen molar-refractivity contribution >= 4 is 28.7 Å². The number of hydrogen-bond acceptors (Lipinski definition) is 8. The number of likely N-dealkylation sites (N-methyl/N-ethyl adjacent to an activating group) is 1. The fraction of sp³-hybridized carbons (Fsp3) is 0.692. The molecule has 0 spiro atoms. The van der Waals surface area contributed by atoms with E-state index in [0.717, 1.165) is 26.2 Å². The van der Waals surface area contributed by atoms with Crippen LogP contribution in [0.4, 0.5) is 5.88 Å². The predicted octanol–water partition coefficient (Wildman–Crippen LogP) is -0.704. The summed E-state index contributed by atoms with van der Waals surface area (Å²) in [4.78, 5) is 18.5. The van der Waals surface area contributed by atoms with Crippen molar-refractivity contribution in [2.45, 2.75) is 19.8 Å². The normalized spacial score (nSPS) is 17.0. The molecule has 1 fully saturated rings. The van der Waals surface area contributed by atoms with Crippen molar-refractivity contribution in [2.75, 3.05) is 44.0 Å². The molecular weight excluding hydrogens is 306 g/mol. The van der Waals surface area contributed by atoms with Crippen LogP contribution in [0.15, 0.2) is 15.7 Å². The summed E-state index contributed by atoms with van der Waals surface area (Å²) >= 11 is 1.22. The number of hydrogen-bond donors (Lipinski definition) is 0. The fourth-order valence-corrected chi connectivity index (χ4v) is 2.61. The third-order valence-corrected chi connectivity index (χ3v) is 4.19. The highest BCUT2D eigenvalue weighted by Gasteiger charge is 2.24. The lowest BCUT2D eigenvalue weighted by Crippen LogP contribution is -2.64. The molecule has 1 saturated heterocycles. The molecule has 1 aliphatic rings. The number of aromatic nitrogens is 2. The Kier molecular flexibility index (Phi) is 6.20. The van der Waals surface area contributed by atoms with Crippen LogP contribution in [0.3, 0.4) is 0 Å². The van der Waals surface area contributed by atoms with E-state index in [9.17, 15) is 9.90 Å². The number of thioether (sulfide) groups is 1. The maximum absolute atomic E-state index is 11.7. The van der Waals surface area contributed by atoms with Gasteiger partial charge in [-0.25, -0.2) is 4.99 Å². The molecule has 0 bridgehead atoms. The second-order valence-electron chi connectivity index (χ2n) is 5.17. The van der Waals surface area contributed by atoms with Gasteiger partial charge < -0.3 is 10.0 Å². The third-order valence-electron chi connectivity index (χ3n) is 3.29. The van der Waals surface area contributed by atoms with Crippen molar-refractivity contribution in [3.05, 3.63) is 6.20 Å². The van der Waals surface area contributed by atoms with Crippen LogP contribution in [0.5, 0.6) is 0 Å². The number of piperazine rings is 1. The van der Waals surface area contributed by atoms with Gasteiger partial charge in [0.05, 0.1) is 17.9 Å². The molecule has 1 aliphatic heterocycles. The zero-order valence-electron chi connectivity index (χ0n) is 12.9. The minimum absolute atomic E-state index is 0.0628. The Bertz CT molecular complexity index is 526. The van der Waals surface area contributed by atoms with E-state index >= 15 is 0 Å². The lowest BCUT2D eigenvalue weighted by Gasteiger charge is -2.26. The summed E-state index contributed by atoms with van der Waals surface area (Å²) in [5.41, 5.74) is 0. The minimum Gasteiger partial charge on any atom is -0.862 e. The molecule has 0 amide bonds. The first-order chi connectivity index (χ1) is 10.5. The Hall–Kier alpha value is -1.61. The first-order valence-corrected chi connectivity index (χ1v) is 8.23. The summed E-state index contributed by atoms with van der Waals surface area (Å²) in [6, 6.07) is 0. The second-order valence-corrected chi connectivity index (χ2v) is 6.44. The Morgan fingerprint density at radius 3 is 2.91 bits per heavy atom. The van der Waals surface area contributed by atoms with Gasteiger partial charge in [0, 0.05) is 25.8 Å². The van der Waals surface area contributed by atoms with Gasteiger partial charge in [-0.2, -0.15) is 5.01 Å². The molecule has 0 radical (unpaired) electrons. The van der Waals surface area contributed by atoms with Crippen molar-refractivity contribution in [3.63, 3.8) is 0 Å². The largest absolute Gasteiger partial charge is 0.862 e. The first kappa shape index (κ1) is 16.8. The predicted molar refractivity (Wildman–Crippen MR) is 81.6 cm³/mol. The second kappa shape index (κ2) is 8.14. The average Bonchev–Trinajstić information content (AvgIpc) is 2.92. The molecule has 2 heterocycles. The van der Waals surface area contributed by atoms with Crippen molar-refractivity contribution in [1.82, 2.24) is 10.2 Å². The highest BCUT2D eigenvalue weighted by molar-refractivity contribution is 8.13. The third kappa shape index (κ3) is 5.30. The molecule has 2 rings (SSSR count). The molecule has 0 aliphatic carbocycles. The van der Waals surface area contributed by atoms with Crippen molar-refractivity contribution < 1.29 is 19.2 Å². The van der Waals surface area contributed by atoms with Crippen molar-refractivity contribution in [3.8, 4) is 0 Å². The molecule has 9 heteroatoms. The summed E-state index contributed by atoms with van der Waals surface area (Å²) < 4.78 is 5.07. The number of rotatable bonds is 6. The number of nitrogens with zero attached hydrogens (tertiary/aromatic N) is 5. The quantitative estimate of drug-likeness (QED) is 0.295. The topological polar surface area (TPSA) is 88.9 Å². The molecule has 0 N–H and O–H groups in total. The smallest absolute Gasteiger partial charge is 0.324 e. The van der Waals surface area contributed by atoms with Gasteiger partial charge in [0.1, 0.15) is 0 Å². The van der Waals surface area contributed by atoms with E-state index in [1.165, 1.54) is 18.7 Å². The van der Waals surface area contributed by atoms with E-state index in [1.807, 2.05) is 5.01 Å². The molecule has 0 unspecified atom stereocenters. The molecule has 0 aromatic carbocycles. The van der Waals surface area contributed by atoms with E-state index in [2.05, 4.69) is 22.2 Å². The molecule has 8 nitrogen and oxygen atoms in total. The van der Waals surface area contributed by atoms with Crippen LogP contribution >= 0.6 is 11.8 Å². The minimum atomic E-state index is -0.258. The standard InChI is InChI=1S/C13H21N5O3S/c1-11(19)22-9-3-4-12(20)14-13-10-18(15-21-13)17-7-5-16(2)6-8-17/h10H,3-9H2,1-2H3. The summed E-state index contributed by atoms with van der Waals surface area (Å²) in [6.07, 6.45) is 2.54. The molecule has 0 atom stereocenters. The van der Waals surface area contributed by atoms with Crippen LogP contribution in [0.25, 0.3) is 0 Å².